The Balaban J connectivity index is 1.36. The van der Waals surface area contributed by atoms with E-state index in [2.05, 4.69) is 15.6 Å². The van der Waals surface area contributed by atoms with Gasteiger partial charge in [-0.15, -0.1) is 0 Å². The van der Waals surface area contributed by atoms with Crippen LogP contribution < -0.4 is 15.4 Å². The zero-order chi connectivity index (χ0) is 25.4. The molecule has 35 heavy (non-hydrogen) atoms. The Morgan fingerprint density at radius 1 is 1.14 bits per heavy atom. The van der Waals surface area contributed by atoms with Crippen molar-refractivity contribution < 1.29 is 31.9 Å². The molecular formula is C24H24ClF4N3O3. The summed E-state index contributed by atoms with van der Waals surface area (Å²) in [5.41, 5.74) is -2.45. The molecule has 1 aromatic heterocycles. The lowest BCUT2D eigenvalue weighted by Crippen LogP contribution is -2.67. The van der Waals surface area contributed by atoms with Crippen LogP contribution in [0.1, 0.15) is 55.2 Å². The monoisotopic (exact) mass is 513 g/mol. The third-order valence-corrected chi connectivity index (χ3v) is 7.35. The van der Waals surface area contributed by atoms with E-state index in [1.165, 1.54) is 18.2 Å². The number of aromatic nitrogens is 1. The summed E-state index contributed by atoms with van der Waals surface area (Å²) in [4.78, 5) is 28.8. The first-order valence-electron chi connectivity index (χ1n) is 11.2. The smallest absolute Gasteiger partial charge is 0.433 e. The summed E-state index contributed by atoms with van der Waals surface area (Å²) < 4.78 is 57.8. The van der Waals surface area contributed by atoms with Crippen LogP contribution >= 0.6 is 11.6 Å². The zero-order valence-corrected chi connectivity index (χ0v) is 19.6. The van der Waals surface area contributed by atoms with Crippen molar-refractivity contribution in [3.63, 3.8) is 0 Å². The van der Waals surface area contributed by atoms with Crippen LogP contribution in [0.4, 0.5) is 17.6 Å². The normalized spacial score (nSPS) is 25.7. The minimum absolute atomic E-state index is 0.00306. The van der Waals surface area contributed by atoms with Crippen molar-refractivity contribution in [3.8, 4) is 5.75 Å². The second-order valence-corrected chi connectivity index (χ2v) is 9.72. The van der Waals surface area contributed by atoms with E-state index in [9.17, 15) is 27.2 Å². The Hall–Kier alpha value is -2.88. The molecule has 1 atom stereocenters. The number of fused-ring (bicyclic) bond motifs is 3. The van der Waals surface area contributed by atoms with Crippen molar-refractivity contribution in [3.05, 3.63) is 58.6 Å². The van der Waals surface area contributed by atoms with Gasteiger partial charge in [0.05, 0.1) is 5.02 Å². The van der Waals surface area contributed by atoms with Gasteiger partial charge in [0.1, 0.15) is 23.0 Å². The van der Waals surface area contributed by atoms with Crippen molar-refractivity contribution in [2.45, 2.75) is 56.3 Å². The maximum absolute atomic E-state index is 13.6. The van der Waals surface area contributed by atoms with E-state index < -0.39 is 34.7 Å². The van der Waals surface area contributed by atoms with Crippen LogP contribution in [0.15, 0.2) is 36.4 Å². The van der Waals surface area contributed by atoms with Crippen LogP contribution in [0.3, 0.4) is 0 Å². The highest BCUT2D eigenvalue weighted by atomic mass is 35.5. The number of hydrogen-bond donors (Lipinski definition) is 2. The Morgan fingerprint density at radius 2 is 1.86 bits per heavy atom. The third-order valence-electron chi connectivity index (χ3n) is 7.04. The lowest BCUT2D eigenvalue weighted by molar-refractivity contribution is -0.141. The number of ether oxygens (including phenoxy) is 1. The molecule has 188 valence electrons. The highest BCUT2D eigenvalue weighted by Crippen LogP contribution is 2.50. The van der Waals surface area contributed by atoms with Gasteiger partial charge in [0.15, 0.2) is 6.61 Å². The third kappa shape index (κ3) is 5.37. The van der Waals surface area contributed by atoms with Gasteiger partial charge in [0.2, 0.25) is 0 Å². The molecule has 3 aliphatic rings. The molecule has 2 N–H and O–H groups in total. The summed E-state index contributed by atoms with van der Waals surface area (Å²) in [5.74, 6) is -1.46. The number of rotatable bonds is 6. The molecule has 1 aromatic carbocycles. The SMILES string of the molecule is CC1CC2(NC(=O)c3cccc(C(F)(F)F)n3)CCC1(NC(=O)COc1ccc(Cl)c(F)c1)CC2. The molecule has 1 unspecified atom stereocenters. The maximum atomic E-state index is 13.6. The van der Waals surface area contributed by atoms with Crippen LogP contribution in [0, 0.1) is 11.7 Å². The van der Waals surface area contributed by atoms with Gasteiger partial charge in [-0.1, -0.05) is 24.6 Å². The summed E-state index contributed by atoms with van der Waals surface area (Å²) in [6.45, 7) is 1.68. The van der Waals surface area contributed by atoms with E-state index in [0.717, 1.165) is 18.2 Å². The first kappa shape index (κ1) is 25.2. The van der Waals surface area contributed by atoms with E-state index in [1.54, 1.807) is 0 Å². The molecule has 0 aliphatic heterocycles. The van der Waals surface area contributed by atoms with Crippen molar-refractivity contribution >= 4 is 23.4 Å². The van der Waals surface area contributed by atoms with E-state index in [4.69, 9.17) is 16.3 Å². The molecule has 5 rings (SSSR count). The first-order chi connectivity index (χ1) is 16.4. The Bertz CT molecular complexity index is 1130. The lowest BCUT2D eigenvalue weighted by Gasteiger charge is -2.57. The molecule has 0 radical (unpaired) electrons. The molecule has 0 spiro atoms. The highest BCUT2D eigenvalue weighted by Gasteiger charge is 2.54. The number of nitrogens with zero attached hydrogens (tertiary/aromatic N) is 1. The van der Waals surface area contributed by atoms with E-state index >= 15 is 0 Å². The topological polar surface area (TPSA) is 80.3 Å². The summed E-state index contributed by atoms with van der Waals surface area (Å²) >= 11 is 5.65. The fraction of sp³-hybridized carbons (Fsp3) is 0.458. The van der Waals surface area contributed by atoms with Gasteiger partial charge in [-0.05, 0) is 62.3 Å². The lowest BCUT2D eigenvalue weighted by atomic mass is 9.56. The van der Waals surface area contributed by atoms with Crippen molar-refractivity contribution in [1.29, 1.82) is 0 Å². The minimum Gasteiger partial charge on any atom is -0.484 e. The van der Waals surface area contributed by atoms with E-state index in [1.807, 2.05) is 6.92 Å². The van der Waals surface area contributed by atoms with Crippen molar-refractivity contribution in [1.82, 2.24) is 15.6 Å². The average Bonchev–Trinajstić information content (AvgIpc) is 2.80. The van der Waals surface area contributed by atoms with Crippen LogP contribution in [0.5, 0.6) is 5.75 Å². The number of pyridine rings is 1. The van der Waals surface area contributed by atoms with Gasteiger partial charge in [-0.3, -0.25) is 9.59 Å². The summed E-state index contributed by atoms with van der Waals surface area (Å²) in [6, 6.07) is 7.16. The summed E-state index contributed by atoms with van der Waals surface area (Å²) in [7, 11) is 0. The summed E-state index contributed by atoms with van der Waals surface area (Å²) in [5, 5.41) is 5.94. The van der Waals surface area contributed by atoms with Gasteiger partial charge in [0.25, 0.3) is 11.8 Å². The van der Waals surface area contributed by atoms with Gasteiger partial charge >= 0.3 is 6.18 Å². The molecule has 3 fully saturated rings. The molecule has 6 nitrogen and oxygen atoms in total. The molecule has 0 saturated heterocycles. The number of hydrogen-bond acceptors (Lipinski definition) is 4. The standard InChI is InChI=1S/C24H24ClF4N3O3/c1-14-12-22(32-21(34)18-3-2-4-19(30-18)24(27,28)29)7-9-23(14,10-8-22)31-20(33)13-35-15-5-6-16(25)17(26)11-15/h2-6,11,14H,7-10,12-13H2,1H3,(H,31,33)(H,32,34). The van der Waals surface area contributed by atoms with Gasteiger partial charge in [-0.2, -0.15) is 13.2 Å². The second-order valence-electron chi connectivity index (χ2n) is 9.31. The number of carbonyl (C=O) groups excluding carboxylic acids is 2. The number of halogens is 5. The fourth-order valence-electron chi connectivity index (χ4n) is 5.13. The minimum atomic E-state index is -4.64. The van der Waals surface area contributed by atoms with E-state index in [0.29, 0.717) is 32.1 Å². The molecule has 3 aliphatic carbocycles. The van der Waals surface area contributed by atoms with E-state index in [-0.39, 0.29) is 34.9 Å². The molecule has 2 amide bonds. The summed E-state index contributed by atoms with van der Waals surface area (Å²) in [6.07, 6.45) is -1.78. The van der Waals surface area contributed by atoms with Gasteiger partial charge < -0.3 is 15.4 Å². The van der Waals surface area contributed by atoms with Crippen LogP contribution in [0.2, 0.25) is 5.02 Å². The van der Waals surface area contributed by atoms with Crippen LogP contribution in [-0.2, 0) is 11.0 Å². The molecule has 2 bridgehead atoms. The number of nitrogens with one attached hydrogen (secondary N) is 2. The predicted octanol–water partition coefficient (Wildman–Crippen LogP) is 4.91. The fourth-order valence-corrected chi connectivity index (χ4v) is 5.25. The number of amides is 2. The Morgan fingerprint density at radius 3 is 2.49 bits per heavy atom. The van der Waals surface area contributed by atoms with Gasteiger partial charge in [0, 0.05) is 17.1 Å². The molecule has 11 heteroatoms. The molecule has 1 heterocycles. The number of carbonyl (C=O) groups is 2. The number of alkyl halides is 3. The highest BCUT2D eigenvalue weighted by molar-refractivity contribution is 6.30. The quantitative estimate of drug-likeness (QED) is 0.538. The maximum Gasteiger partial charge on any atom is 0.433 e. The van der Waals surface area contributed by atoms with Crippen LogP contribution in [-0.4, -0.2) is 34.5 Å². The Kier molecular flexibility index (Phi) is 6.70. The van der Waals surface area contributed by atoms with Crippen molar-refractivity contribution in [2.75, 3.05) is 6.61 Å². The second kappa shape index (κ2) is 9.29. The molecular weight excluding hydrogens is 490 g/mol. The Labute approximate surface area is 204 Å². The first-order valence-corrected chi connectivity index (χ1v) is 11.5. The predicted molar refractivity (Wildman–Crippen MR) is 119 cm³/mol. The van der Waals surface area contributed by atoms with Crippen LogP contribution in [0.25, 0.3) is 0 Å². The zero-order valence-electron chi connectivity index (χ0n) is 18.8. The van der Waals surface area contributed by atoms with Gasteiger partial charge in [-0.25, -0.2) is 9.37 Å². The molecule has 2 aromatic rings. The van der Waals surface area contributed by atoms with Crippen molar-refractivity contribution in [2.24, 2.45) is 5.92 Å². The largest absolute Gasteiger partial charge is 0.484 e. The molecule has 3 saturated carbocycles. The number of benzene rings is 1. The average molecular weight is 514 g/mol.